The summed E-state index contributed by atoms with van der Waals surface area (Å²) in [6.45, 7) is 7.05. The summed E-state index contributed by atoms with van der Waals surface area (Å²) < 4.78 is 0. The van der Waals surface area contributed by atoms with Crippen LogP contribution in [0.25, 0.3) is 0 Å². The summed E-state index contributed by atoms with van der Waals surface area (Å²) in [7, 11) is 0. The Kier molecular flexibility index (Phi) is 1.95. The van der Waals surface area contributed by atoms with Crippen LogP contribution >= 0.6 is 0 Å². The summed E-state index contributed by atoms with van der Waals surface area (Å²) in [5, 5.41) is 3.72. The predicted molar refractivity (Wildman–Crippen MR) is 52.1 cm³/mol. The predicted octanol–water partition coefficient (Wildman–Crippen LogP) is 2.56. The average molecular weight is 167 g/mol. The molecule has 1 N–H and O–H groups in total. The van der Waals surface area contributed by atoms with E-state index in [1.54, 1.807) is 0 Å². The summed E-state index contributed by atoms with van der Waals surface area (Å²) in [6.07, 6.45) is 5.76. The SMILES string of the molecule is CC(CC1CC1)NC1CC1(C)C. The molecular formula is C11H21N. The van der Waals surface area contributed by atoms with Crippen LogP contribution in [0, 0.1) is 11.3 Å². The van der Waals surface area contributed by atoms with Gasteiger partial charge in [0.25, 0.3) is 0 Å². The van der Waals surface area contributed by atoms with Gasteiger partial charge in [-0.15, -0.1) is 0 Å². The third-order valence-corrected chi connectivity index (χ3v) is 3.38. The lowest BCUT2D eigenvalue weighted by Crippen LogP contribution is -2.30. The van der Waals surface area contributed by atoms with Gasteiger partial charge in [0.15, 0.2) is 0 Å². The van der Waals surface area contributed by atoms with Gasteiger partial charge in [-0.2, -0.15) is 0 Å². The molecule has 70 valence electrons. The molecule has 0 bridgehead atoms. The van der Waals surface area contributed by atoms with Crippen LogP contribution in [0.3, 0.4) is 0 Å². The van der Waals surface area contributed by atoms with Gasteiger partial charge in [0.1, 0.15) is 0 Å². The first kappa shape index (κ1) is 8.55. The Morgan fingerprint density at radius 1 is 1.42 bits per heavy atom. The molecule has 2 aliphatic carbocycles. The molecule has 0 amide bonds. The minimum Gasteiger partial charge on any atom is -0.311 e. The Labute approximate surface area is 75.9 Å². The van der Waals surface area contributed by atoms with Gasteiger partial charge in [-0.25, -0.2) is 0 Å². The highest BCUT2D eigenvalue weighted by atomic mass is 15.0. The lowest BCUT2D eigenvalue weighted by molar-refractivity contribution is 0.445. The Balaban J connectivity index is 1.65. The van der Waals surface area contributed by atoms with Crippen LogP contribution in [0.4, 0.5) is 0 Å². The van der Waals surface area contributed by atoms with Crippen molar-refractivity contribution in [1.82, 2.24) is 5.32 Å². The molecule has 0 aliphatic heterocycles. The number of hydrogen-bond donors (Lipinski definition) is 1. The monoisotopic (exact) mass is 167 g/mol. The molecule has 0 saturated heterocycles. The van der Waals surface area contributed by atoms with Crippen LogP contribution in [-0.4, -0.2) is 12.1 Å². The van der Waals surface area contributed by atoms with Crippen molar-refractivity contribution >= 4 is 0 Å². The molecule has 2 saturated carbocycles. The lowest BCUT2D eigenvalue weighted by Gasteiger charge is -2.14. The molecule has 0 aromatic rings. The van der Waals surface area contributed by atoms with Crippen molar-refractivity contribution in [1.29, 1.82) is 0 Å². The summed E-state index contributed by atoms with van der Waals surface area (Å²) in [6, 6.07) is 1.57. The molecule has 1 heteroatoms. The van der Waals surface area contributed by atoms with E-state index in [0.29, 0.717) is 5.41 Å². The van der Waals surface area contributed by atoms with Crippen molar-refractivity contribution in [2.24, 2.45) is 11.3 Å². The third-order valence-electron chi connectivity index (χ3n) is 3.38. The first-order chi connectivity index (χ1) is 5.58. The van der Waals surface area contributed by atoms with Gasteiger partial charge in [0.2, 0.25) is 0 Å². The first-order valence-corrected chi connectivity index (χ1v) is 5.34. The van der Waals surface area contributed by atoms with E-state index in [1.165, 1.54) is 25.7 Å². The van der Waals surface area contributed by atoms with Crippen LogP contribution in [0.5, 0.6) is 0 Å². The number of nitrogens with one attached hydrogen (secondary N) is 1. The Bertz CT molecular complexity index is 170. The maximum atomic E-state index is 3.72. The van der Waals surface area contributed by atoms with E-state index >= 15 is 0 Å². The molecule has 2 rings (SSSR count). The molecule has 0 radical (unpaired) electrons. The van der Waals surface area contributed by atoms with Crippen molar-refractivity contribution in [3.8, 4) is 0 Å². The largest absolute Gasteiger partial charge is 0.311 e. The van der Waals surface area contributed by atoms with Crippen LogP contribution in [0.1, 0.15) is 46.5 Å². The maximum absolute atomic E-state index is 3.72. The van der Waals surface area contributed by atoms with Gasteiger partial charge in [0.05, 0.1) is 0 Å². The van der Waals surface area contributed by atoms with E-state index in [4.69, 9.17) is 0 Å². The van der Waals surface area contributed by atoms with Gasteiger partial charge in [-0.05, 0) is 31.1 Å². The summed E-state index contributed by atoms with van der Waals surface area (Å²) >= 11 is 0. The Morgan fingerprint density at radius 3 is 2.42 bits per heavy atom. The fourth-order valence-corrected chi connectivity index (χ4v) is 2.02. The van der Waals surface area contributed by atoms with Crippen molar-refractivity contribution in [2.45, 2.75) is 58.5 Å². The molecule has 0 heterocycles. The van der Waals surface area contributed by atoms with Crippen LogP contribution in [-0.2, 0) is 0 Å². The quantitative estimate of drug-likeness (QED) is 0.678. The van der Waals surface area contributed by atoms with Gasteiger partial charge in [-0.1, -0.05) is 26.7 Å². The highest BCUT2D eigenvalue weighted by molar-refractivity contribution is 5.02. The third kappa shape index (κ3) is 2.01. The standard InChI is InChI=1S/C11H21N/c1-8(6-9-4-5-9)12-10-7-11(10,2)3/h8-10,12H,4-7H2,1-3H3. The van der Waals surface area contributed by atoms with Crippen LogP contribution in [0.2, 0.25) is 0 Å². The fraction of sp³-hybridized carbons (Fsp3) is 1.00. The molecule has 0 aromatic heterocycles. The number of rotatable bonds is 4. The van der Waals surface area contributed by atoms with Crippen LogP contribution < -0.4 is 5.32 Å². The zero-order valence-corrected chi connectivity index (χ0v) is 8.56. The minimum atomic E-state index is 0.595. The van der Waals surface area contributed by atoms with Crippen LogP contribution in [0.15, 0.2) is 0 Å². The second-order valence-corrected chi connectivity index (χ2v) is 5.49. The molecule has 1 nitrogen and oxygen atoms in total. The molecule has 0 aromatic carbocycles. The van der Waals surface area contributed by atoms with E-state index in [9.17, 15) is 0 Å². The maximum Gasteiger partial charge on any atom is 0.0127 e. The molecule has 12 heavy (non-hydrogen) atoms. The van der Waals surface area contributed by atoms with Gasteiger partial charge in [0, 0.05) is 12.1 Å². The molecular weight excluding hydrogens is 146 g/mol. The summed E-state index contributed by atoms with van der Waals surface area (Å²) in [5.74, 6) is 1.06. The topological polar surface area (TPSA) is 12.0 Å². The smallest absolute Gasteiger partial charge is 0.0127 e. The summed E-state index contributed by atoms with van der Waals surface area (Å²) in [5.41, 5.74) is 0.595. The molecule has 2 aliphatic rings. The van der Waals surface area contributed by atoms with E-state index in [2.05, 4.69) is 26.1 Å². The van der Waals surface area contributed by atoms with Crippen molar-refractivity contribution in [3.05, 3.63) is 0 Å². The molecule has 0 spiro atoms. The molecule has 2 unspecified atom stereocenters. The van der Waals surface area contributed by atoms with E-state index in [1.807, 2.05) is 0 Å². The molecule has 2 fully saturated rings. The van der Waals surface area contributed by atoms with Crippen molar-refractivity contribution < 1.29 is 0 Å². The van der Waals surface area contributed by atoms with E-state index in [-0.39, 0.29) is 0 Å². The van der Waals surface area contributed by atoms with Gasteiger partial charge < -0.3 is 5.32 Å². The fourth-order valence-electron chi connectivity index (χ4n) is 2.02. The normalized spacial score (nSPS) is 34.8. The molecule has 2 atom stereocenters. The Hall–Kier alpha value is -0.0400. The Morgan fingerprint density at radius 2 is 2.00 bits per heavy atom. The van der Waals surface area contributed by atoms with E-state index < -0.39 is 0 Å². The second kappa shape index (κ2) is 2.73. The van der Waals surface area contributed by atoms with Gasteiger partial charge >= 0.3 is 0 Å². The average Bonchev–Trinajstić information content (AvgIpc) is 2.76. The summed E-state index contributed by atoms with van der Waals surface area (Å²) in [4.78, 5) is 0. The highest BCUT2D eigenvalue weighted by Crippen LogP contribution is 2.45. The zero-order chi connectivity index (χ0) is 8.77. The second-order valence-electron chi connectivity index (χ2n) is 5.49. The van der Waals surface area contributed by atoms with Crippen molar-refractivity contribution in [2.75, 3.05) is 0 Å². The van der Waals surface area contributed by atoms with Crippen molar-refractivity contribution in [3.63, 3.8) is 0 Å². The zero-order valence-electron chi connectivity index (χ0n) is 8.56. The highest BCUT2D eigenvalue weighted by Gasteiger charge is 2.46. The minimum absolute atomic E-state index is 0.595. The lowest BCUT2D eigenvalue weighted by atomic mass is 10.1. The van der Waals surface area contributed by atoms with Gasteiger partial charge in [-0.3, -0.25) is 0 Å². The van der Waals surface area contributed by atoms with E-state index in [0.717, 1.165) is 18.0 Å². The first-order valence-electron chi connectivity index (χ1n) is 5.34. The number of hydrogen-bond acceptors (Lipinski definition) is 1.